The monoisotopic (exact) mass is 190 g/mol. The maximum atomic E-state index is 12.7. The van der Waals surface area contributed by atoms with Gasteiger partial charge < -0.3 is 9.84 Å². The molecule has 1 N–H and O–H groups in total. The number of aliphatic hydroxyl groups excluding tert-OH is 1. The van der Waals surface area contributed by atoms with E-state index >= 15 is 0 Å². The number of alkyl halides is 4. The Morgan fingerprint density at radius 3 is 1.75 bits per heavy atom. The van der Waals surface area contributed by atoms with Gasteiger partial charge in [-0.05, 0) is 13.8 Å². The maximum absolute atomic E-state index is 12.7. The predicted octanol–water partition coefficient (Wildman–Crippen LogP) is 1.63. The van der Waals surface area contributed by atoms with Gasteiger partial charge in [0.05, 0.1) is 6.10 Å². The van der Waals surface area contributed by atoms with Crippen molar-refractivity contribution >= 4 is 0 Å². The molecule has 0 aliphatic carbocycles. The average molecular weight is 190 g/mol. The highest BCUT2D eigenvalue weighted by molar-refractivity contribution is 4.76. The van der Waals surface area contributed by atoms with Crippen LogP contribution in [0, 0.1) is 0 Å². The van der Waals surface area contributed by atoms with Crippen LogP contribution in [0.5, 0.6) is 0 Å². The van der Waals surface area contributed by atoms with Gasteiger partial charge in [0.2, 0.25) is 0 Å². The average Bonchev–Trinajstić information content (AvgIpc) is 1.83. The zero-order valence-corrected chi connectivity index (χ0v) is 6.65. The van der Waals surface area contributed by atoms with Crippen LogP contribution in [0.25, 0.3) is 0 Å². The van der Waals surface area contributed by atoms with Gasteiger partial charge in [0, 0.05) is 0 Å². The first kappa shape index (κ1) is 11.6. The quantitative estimate of drug-likeness (QED) is 0.685. The van der Waals surface area contributed by atoms with Crippen molar-refractivity contribution in [1.29, 1.82) is 0 Å². The van der Waals surface area contributed by atoms with Crippen LogP contribution in [-0.4, -0.2) is 29.8 Å². The Morgan fingerprint density at radius 1 is 1.25 bits per heavy atom. The second-order valence-electron chi connectivity index (χ2n) is 2.55. The summed E-state index contributed by atoms with van der Waals surface area (Å²) in [5, 5.41) is 8.15. The summed E-state index contributed by atoms with van der Waals surface area (Å²) in [6.45, 7) is 0.764. The van der Waals surface area contributed by atoms with Crippen molar-refractivity contribution in [3.63, 3.8) is 0 Å². The second-order valence-corrected chi connectivity index (χ2v) is 2.55. The van der Waals surface area contributed by atoms with Crippen molar-refractivity contribution in [1.82, 2.24) is 0 Å². The van der Waals surface area contributed by atoms with Crippen molar-refractivity contribution in [2.24, 2.45) is 0 Å². The molecule has 0 heterocycles. The summed E-state index contributed by atoms with van der Waals surface area (Å²) < 4.78 is 52.0. The van der Waals surface area contributed by atoms with Crippen LogP contribution in [0.1, 0.15) is 13.8 Å². The third-order valence-electron chi connectivity index (χ3n) is 1.05. The van der Waals surface area contributed by atoms with Gasteiger partial charge in [-0.15, -0.1) is 0 Å². The molecule has 0 aliphatic rings. The van der Waals surface area contributed by atoms with Gasteiger partial charge in [-0.3, -0.25) is 0 Å². The minimum absolute atomic E-state index is 0.941. The first-order valence-electron chi connectivity index (χ1n) is 3.27. The Kier molecular flexibility index (Phi) is 3.46. The van der Waals surface area contributed by atoms with Gasteiger partial charge in [-0.1, -0.05) is 0 Å². The zero-order chi connectivity index (χ0) is 9.99. The molecule has 0 fully saturated rings. The summed E-state index contributed by atoms with van der Waals surface area (Å²) in [6, 6.07) is 0. The van der Waals surface area contributed by atoms with Crippen LogP contribution in [0.15, 0.2) is 0 Å². The van der Waals surface area contributed by atoms with Gasteiger partial charge in [0.25, 0.3) is 0 Å². The van der Waals surface area contributed by atoms with Gasteiger partial charge in [0.1, 0.15) is 6.61 Å². The molecular weight excluding hydrogens is 180 g/mol. The second kappa shape index (κ2) is 3.57. The van der Waals surface area contributed by atoms with E-state index < -0.39 is 24.7 Å². The molecule has 74 valence electrons. The Bertz CT molecular complexity index is 145. The van der Waals surface area contributed by atoms with Gasteiger partial charge in [0.15, 0.2) is 0 Å². The molecule has 1 unspecified atom stereocenters. The lowest BCUT2D eigenvalue weighted by atomic mass is 10.3. The molecule has 0 bridgehead atoms. The molecule has 0 spiro atoms. The van der Waals surface area contributed by atoms with Crippen molar-refractivity contribution in [2.45, 2.75) is 32.0 Å². The van der Waals surface area contributed by atoms with Crippen LogP contribution in [-0.2, 0) is 4.74 Å². The molecule has 0 aliphatic heterocycles. The number of halogens is 4. The Morgan fingerprint density at radius 2 is 1.67 bits per heavy atom. The van der Waals surface area contributed by atoms with E-state index in [0.29, 0.717) is 0 Å². The molecule has 0 amide bonds. The number of hydrogen-bond acceptors (Lipinski definition) is 2. The third-order valence-corrected chi connectivity index (χ3v) is 1.05. The molecule has 0 aromatic heterocycles. The van der Waals surface area contributed by atoms with E-state index in [1.165, 1.54) is 13.8 Å². The van der Waals surface area contributed by atoms with E-state index in [1.54, 1.807) is 0 Å². The van der Waals surface area contributed by atoms with Gasteiger partial charge >= 0.3 is 12.0 Å². The largest absolute Gasteiger partial charge is 0.450 e. The lowest BCUT2D eigenvalue weighted by molar-refractivity contribution is -0.351. The Hall–Kier alpha value is -0.360. The molecule has 6 heteroatoms. The maximum Gasteiger partial charge on any atom is 0.450 e. The standard InChI is InChI=1S/C6H10F4O2/c1-4(2)12-5(7,3-11)6(8,9)10/h4,11H,3H2,1-2H3. The molecule has 0 aromatic carbocycles. The van der Waals surface area contributed by atoms with Crippen LogP contribution in [0.4, 0.5) is 17.6 Å². The van der Waals surface area contributed by atoms with Gasteiger partial charge in [-0.25, -0.2) is 0 Å². The fourth-order valence-electron chi connectivity index (χ4n) is 0.567. The molecule has 0 saturated heterocycles. The van der Waals surface area contributed by atoms with E-state index in [2.05, 4.69) is 4.74 Å². The summed E-state index contributed by atoms with van der Waals surface area (Å²) in [7, 11) is 0. The van der Waals surface area contributed by atoms with Crippen LogP contribution in [0.3, 0.4) is 0 Å². The minimum Gasteiger partial charge on any atom is -0.390 e. The highest BCUT2D eigenvalue weighted by Gasteiger charge is 2.57. The lowest BCUT2D eigenvalue weighted by Gasteiger charge is -2.27. The molecule has 0 aromatic rings. The number of aliphatic hydroxyl groups is 1. The van der Waals surface area contributed by atoms with Crippen molar-refractivity contribution in [3.05, 3.63) is 0 Å². The van der Waals surface area contributed by atoms with E-state index in [1.807, 2.05) is 0 Å². The van der Waals surface area contributed by atoms with E-state index in [9.17, 15) is 17.6 Å². The van der Waals surface area contributed by atoms with E-state index in [4.69, 9.17) is 5.11 Å². The zero-order valence-electron chi connectivity index (χ0n) is 6.65. The fraction of sp³-hybridized carbons (Fsp3) is 1.00. The summed E-state index contributed by atoms with van der Waals surface area (Å²) in [5.74, 6) is -3.94. The fourth-order valence-corrected chi connectivity index (χ4v) is 0.567. The first-order chi connectivity index (χ1) is 5.23. The number of ether oxygens (including phenoxy) is 1. The van der Waals surface area contributed by atoms with Crippen molar-refractivity contribution in [3.8, 4) is 0 Å². The molecule has 1 atom stereocenters. The van der Waals surface area contributed by atoms with Crippen LogP contribution in [0.2, 0.25) is 0 Å². The predicted molar refractivity (Wildman–Crippen MR) is 33.2 cm³/mol. The summed E-state index contributed by atoms with van der Waals surface area (Å²) >= 11 is 0. The first-order valence-corrected chi connectivity index (χ1v) is 3.27. The molecule has 0 radical (unpaired) electrons. The highest BCUT2D eigenvalue weighted by atomic mass is 19.4. The topological polar surface area (TPSA) is 29.5 Å². The smallest absolute Gasteiger partial charge is 0.390 e. The number of rotatable bonds is 3. The van der Waals surface area contributed by atoms with Crippen LogP contribution >= 0.6 is 0 Å². The molecule has 12 heavy (non-hydrogen) atoms. The Balaban J connectivity index is 4.46. The normalized spacial score (nSPS) is 18.0. The van der Waals surface area contributed by atoms with Crippen molar-refractivity contribution in [2.75, 3.05) is 6.61 Å². The molecular formula is C6H10F4O2. The summed E-state index contributed by atoms with van der Waals surface area (Å²) in [4.78, 5) is 0. The molecule has 2 nitrogen and oxygen atoms in total. The SMILES string of the molecule is CC(C)OC(F)(CO)C(F)(F)F. The lowest BCUT2D eigenvalue weighted by Crippen LogP contribution is -2.48. The summed E-state index contributed by atoms with van der Waals surface area (Å²) in [5.41, 5.74) is 0. The number of hydrogen-bond donors (Lipinski definition) is 1. The van der Waals surface area contributed by atoms with Crippen molar-refractivity contribution < 1.29 is 27.4 Å². The Labute approximate surface area is 67.1 Å². The molecule has 0 rings (SSSR count). The van der Waals surface area contributed by atoms with Gasteiger partial charge in [-0.2, -0.15) is 17.6 Å². The van der Waals surface area contributed by atoms with E-state index in [0.717, 1.165) is 0 Å². The summed E-state index contributed by atoms with van der Waals surface area (Å²) in [6.07, 6.45) is -6.14. The van der Waals surface area contributed by atoms with E-state index in [-0.39, 0.29) is 0 Å². The minimum atomic E-state index is -5.20. The molecule has 0 saturated carbocycles. The van der Waals surface area contributed by atoms with Crippen LogP contribution < -0.4 is 0 Å². The highest BCUT2D eigenvalue weighted by Crippen LogP contribution is 2.35. The third kappa shape index (κ3) is 2.60.